The number of methoxy groups -OCH3 is 1. The maximum absolute atomic E-state index is 12.5. The van der Waals surface area contributed by atoms with Crippen molar-refractivity contribution < 1.29 is 17.3 Å². The first-order valence-electron chi connectivity index (χ1n) is 6.50. The SMILES string of the molecule is COc1ccccc1S(=O)(=O)Oc1c(C)cc(C)cc1C. The van der Waals surface area contributed by atoms with Gasteiger partial charge in [0.15, 0.2) is 0 Å². The van der Waals surface area contributed by atoms with Crippen LogP contribution in [0, 0.1) is 20.8 Å². The van der Waals surface area contributed by atoms with Crippen molar-refractivity contribution in [2.24, 2.45) is 0 Å². The summed E-state index contributed by atoms with van der Waals surface area (Å²) in [6, 6.07) is 10.2. The minimum Gasteiger partial charge on any atom is -0.495 e. The zero-order valence-electron chi connectivity index (χ0n) is 12.5. The van der Waals surface area contributed by atoms with Crippen molar-refractivity contribution in [1.82, 2.24) is 0 Å². The number of ether oxygens (including phenoxy) is 1. The minimum absolute atomic E-state index is 0.0203. The third kappa shape index (κ3) is 3.19. The van der Waals surface area contributed by atoms with Gasteiger partial charge in [-0.2, -0.15) is 8.42 Å². The van der Waals surface area contributed by atoms with E-state index in [1.807, 2.05) is 32.9 Å². The molecule has 0 heterocycles. The van der Waals surface area contributed by atoms with E-state index in [4.69, 9.17) is 8.92 Å². The topological polar surface area (TPSA) is 52.6 Å². The van der Waals surface area contributed by atoms with Crippen LogP contribution in [-0.2, 0) is 10.1 Å². The molecule has 2 aromatic rings. The molecule has 0 spiro atoms. The largest absolute Gasteiger partial charge is 0.495 e. The second kappa shape index (κ2) is 5.77. The van der Waals surface area contributed by atoms with Crippen LogP contribution in [0.3, 0.4) is 0 Å². The lowest BCUT2D eigenvalue weighted by Gasteiger charge is -2.14. The molecule has 0 aliphatic heterocycles. The zero-order chi connectivity index (χ0) is 15.6. The van der Waals surface area contributed by atoms with Crippen molar-refractivity contribution in [2.75, 3.05) is 7.11 Å². The maximum Gasteiger partial charge on any atom is 0.342 e. The van der Waals surface area contributed by atoms with E-state index < -0.39 is 10.1 Å². The second-order valence-electron chi connectivity index (χ2n) is 4.92. The van der Waals surface area contributed by atoms with Gasteiger partial charge in [0.05, 0.1) is 7.11 Å². The summed E-state index contributed by atoms with van der Waals surface area (Å²) in [5, 5.41) is 0. The fraction of sp³-hybridized carbons (Fsp3) is 0.250. The summed E-state index contributed by atoms with van der Waals surface area (Å²) in [4.78, 5) is 0.0203. The van der Waals surface area contributed by atoms with Crippen LogP contribution in [0.2, 0.25) is 0 Å². The molecule has 112 valence electrons. The molecule has 4 nitrogen and oxygen atoms in total. The highest BCUT2D eigenvalue weighted by atomic mass is 32.2. The van der Waals surface area contributed by atoms with Gasteiger partial charge in [0, 0.05) is 0 Å². The lowest BCUT2D eigenvalue weighted by Crippen LogP contribution is -2.12. The molecular formula is C16H18O4S. The number of para-hydroxylation sites is 1. The average molecular weight is 306 g/mol. The summed E-state index contributed by atoms with van der Waals surface area (Å²) >= 11 is 0. The highest BCUT2D eigenvalue weighted by Crippen LogP contribution is 2.30. The molecule has 0 unspecified atom stereocenters. The molecule has 0 saturated carbocycles. The minimum atomic E-state index is -3.94. The molecule has 0 aromatic heterocycles. The lowest BCUT2D eigenvalue weighted by molar-refractivity contribution is 0.398. The van der Waals surface area contributed by atoms with E-state index in [0.29, 0.717) is 5.75 Å². The summed E-state index contributed by atoms with van der Waals surface area (Å²) in [5.74, 6) is 0.631. The van der Waals surface area contributed by atoms with Crippen molar-refractivity contribution in [3.63, 3.8) is 0 Å². The highest BCUT2D eigenvalue weighted by Gasteiger charge is 2.23. The van der Waals surface area contributed by atoms with E-state index >= 15 is 0 Å². The number of hydrogen-bond donors (Lipinski definition) is 0. The van der Waals surface area contributed by atoms with Crippen LogP contribution in [-0.4, -0.2) is 15.5 Å². The van der Waals surface area contributed by atoms with E-state index in [1.165, 1.54) is 13.2 Å². The van der Waals surface area contributed by atoms with Crippen molar-refractivity contribution in [3.05, 3.63) is 53.1 Å². The molecule has 2 aromatic carbocycles. The van der Waals surface area contributed by atoms with Crippen LogP contribution in [0.1, 0.15) is 16.7 Å². The van der Waals surface area contributed by atoms with Crippen LogP contribution < -0.4 is 8.92 Å². The molecule has 21 heavy (non-hydrogen) atoms. The van der Waals surface area contributed by atoms with Gasteiger partial charge in [0.25, 0.3) is 0 Å². The third-order valence-corrected chi connectivity index (χ3v) is 4.40. The van der Waals surface area contributed by atoms with Crippen molar-refractivity contribution >= 4 is 10.1 Å². The Morgan fingerprint density at radius 1 is 0.952 bits per heavy atom. The van der Waals surface area contributed by atoms with Crippen LogP contribution in [0.25, 0.3) is 0 Å². The number of rotatable bonds is 4. The predicted molar refractivity (Wildman–Crippen MR) is 81.5 cm³/mol. The molecule has 0 aliphatic carbocycles. The Morgan fingerprint density at radius 2 is 1.52 bits per heavy atom. The smallest absolute Gasteiger partial charge is 0.342 e. The van der Waals surface area contributed by atoms with Gasteiger partial charge in [-0.25, -0.2) is 0 Å². The third-order valence-electron chi connectivity index (χ3n) is 3.14. The first-order chi connectivity index (χ1) is 9.85. The number of hydrogen-bond acceptors (Lipinski definition) is 4. The maximum atomic E-state index is 12.5. The van der Waals surface area contributed by atoms with E-state index in [1.54, 1.807) is 18.2 Å². The Bertz CT molecular complexity index is 741. The number of aryl methyl sites for hydroxylation is 3. The van der Waals surface area contributed by atoms with Gasteiger partial charge in [-0.15, -0.1) is 0 Å². The molecule has 0 aliphatic rings. The van der Waals surface area contributed by atoms with Crippen LogP contribution in [0.4, 0.5) is 0 Å². The number of benzene rings is 2. The van der Waals surface area contributed by atoms with Crippen LogP contribution >= 0.6 is 0 Å². The molecule has 0 amide bonds. The second-order valence-corrected chi connectivity index (χ2v) is 6.43. The Labute approximate surface area is 125 Å². The van der Waals surface area contributed by atoms with Crippen molar-refractivity contribution in [1.29, 1.82) is 0 Å². The summed E-state index contributed by atoms with van der Waals surface area (Å²) in [6.07, 6.45) is 0. The Hall–Kier alpha value is -2.01. The molecule has 0 bridgehead atoms. The molecule has 0 atom stereocenters. The molecule has 0 fully saturated rings. The van der Waals surface area contributed by atoms with Crippen molar-refractivity contribution in [3.8, 4) is 11.5 Å². The van der Waals surface area contributed by atoms with Gasteiger partial charge in [0.1, 0.15) is 16.4 Å². The van der Waals surface area contributed by atoms with Gasteiger partial charge in [-0.05, 0) is 44.0 Å². The normalized spacial score (nSPS) is 11.2. The summed E-state index contributed by atoms with van der Waals surface area (Å²) < 4.78 is 35.4. The molecular weight excluding hydrogens is 288 g/mol. The quantitative estimate of drug-likeness (QED) is 0.813. The van der Waals surface area contributed by atoms with Crippen molar-refractivity contribution in [2.45, 2.75) is 25.7 Å². The monoisotopic (exact) mass is 306 g/mol. The van der Waals surface area contributed by atoms with Gasteiger partial charge in [-0.1, -0.05) is 29.8 Å². The lowest BCUT2D eigenvalue weighted by atomic mass is 10.1. The fourth-order valence-corrected chi connectivity index (χ4v) is 3.49. The zero-order valence-corrected chi connectivity index (χ0v) is 13.3. The molecule has 5 heteroatoms. The van der Waals surface area contributed by atoms with E-state index in [0.717, 1.165) is 16.7 Å². The van der Waals surface area contributed by atoms with E-state index in [9.17, 15) is 8.42 Å². The molecule has 0 saturated heterocycles. The fourth-order valence-electron chi connectivity index (χ4n) is 2.28. The summed E-state index contributed by atoms with van der Waals surface area (Å²) in [7, 11) is -2.51. The van der Waals surface area contributed by atoms with E-state index in [2.05, 4.69) is 0 Å². The Morgan fingerprint density at radius 3 is 2.10 bits per heavy atom. The van der Waals surface area contributed by atoms with Gasteiger partial charge in [-0.3, -0.25) is 0 Å². The Balaban J connectivity index is 2.48. The van der Waals surface area contributed by atoms with E-state index in [-0.39, 0.29) is 10.6 Å². The van der Waals surface area contributed by atoms with Crippen LogP contribution in [0.15, 0.2) is 41.3 Å². The first kappa shape index (κ1) is 15.4. The van der Waals surface area contributed by atoms with Gasteiger partial charge in [0.2, 0.25) is 0 Å². The standard InChI is InChI=1S/C16H18O4S/c1-11-9-12(2)16(13(3)10-11)20-21(17,18)15-8-6-5-7-14(15)19-4/h5-10H,1-4H3. The van der Waals surface area contributed by atoms with Gasteiger partial charge < -0.3 is 8.92 Å². The highest BCUT2D eigenvalue weighted by molar-refractivity contribution is 7.87. The summed E-state index contributed by atoms with van der Waals surface area (Å²) in [6.45, 7) is 5.61. The first-order valence-corrected chi connectivity index (χ1v) is 7.91. The summed E-state index contributed by atoms with van der Waals surface area (Å²) in [5.41, 5.74) is 2.63. The predicted octanol–water partition coefficient (Wildman–Crippen LogP) is 3.39. The molecule has 2 rings (SSSR count). The average Bonchev–Trinajstić information content (AvgIpc) is 2.43. The molecule has 0 radical (unpaired) electrons. The van der Waals surface area contributed by atoms with Gasteiger partial charge >= 0.3 is 10.1 Å². The Kier molecular flexibility index (Phi) is 4.23. The molecule has 0 N–H and O–H groups in total. The van der Waals surface area contributed by atoms with Crippen LogP contribution in [0.5, 0.6) is 11.5 Å².